The number of halogens is 1. The number of carbonyl (C=O) groups is 3. The molecule has 8 nitrogen and oxygen atoms in total. The summed E-state index contributed by atoms with van der Waals surface area (Å²) in [7, 11) is 0. The smallest absolute Gasteiger partial charge is 0.312 e. The van der Waals surface area contributed by atoms with Gasteiger partial charge in [0, 0.05) is 30.2 Å². The van der Waals surface area contributed by atoms with E-state index in [1.165, 1.54) is 6.08 Å². The average Bonchev–Trinajstić information content (AvgIpc) is 3.49. The molecule has 3 heterocycles. The highest BCUT2D eigenvalue weighted by atomic mass is 79.9. The molecule has 9 heteroatoms. The third-order valence-electron chi connectivity index (χ3n) is 8.23. The summed E-state index contributed by atoms with van der Waals surface area (Å²) >= 11 is 3.69. The van der Waals surface area contributed by atoms with Crippen molar-refractivity contribution >= 4 is 39.4 Å². The predicted molar refractivity (Wildman–Crippen MR) is 153 cm³/mol. The summed E-state index contributed by atoms with van der Waals surface area (Å²) in [5.74, 6) is -2.59. The zero-order valence-electron chi connectivity index (χ0n) is 22.8. The Balaban J connectivity index is 1.76. The van der Waals surface area contributed by atoms with E-state index in [4.69, 9.17) is 14.6 Å². The van der Waals surface area contributed by atoms with Crippen LogP contribution in [-0.4, -0.2) is 76.7 Å². The lowest BCUT2D eigenvalue weighted by Gasteiger charge is -2.37. The Hall–Kier alpha value is -2.49. The van der Waals surface area contributed by atoms with Gasteiger partial charge in [-0.3, -0.25) is 14.4 Å². The summed E-state index contributed by atoms with van der Waals surface area (Å²) in [5, 5.41) is 9.15. The maximum absolute atomic E-state index is 14.6. The number of alkyl halides is 1. The molecule has 4 rings (SSSR count). The first-order valence-corrected chi connectivity index (χ1v) is 14.6. The largest absolute Gasteiger partial charge is 0.461 e. The molecule has 3 fully saturated rings. The fourth-order valence-corrected chi connectivity index (χ4v) is 7.65. The molecule has 2 amide bonds. The van der Waals surface area contributed by atoms with Crippen LogP contribution in [0.5, 0.6) is 0 Å². The van der Waals surface area contributed by atoms with E-state index in [0.29, 0.717) is 25.8 Å². The molecule has 3 aliphatic heterocycles. The number of anilines is 1. The van der Waals surface area contributed by atoms with Gasteiger partial charge in [0.2, 0.25) is 5.91 Å². The van der Waals surface area contributed by atoms with E-state index >= 15 is 0 Å². The van der Waals surface area contributed by atoms with E-state index in [2.05, 4.69) is 29.1 Å². The first-order chi connectivity index (χ1) is 18.7. The van der Waals surface area contributed by atoms with E-state index in [1.807, 2.05) is 32.0 Å². The van der Waals surface area contributed by atoms with Gasteiger partial charge in [-0.1, -0.05) is 65.7 Å². The summed E-state index contributed by atoms with van der Waals surface area (Å²) in [6, 6.07) is 4.98. The molecule has 0 aliphatic carbocycles. The van der Waals surface area contributed by atoms with Crippen molar-refractivity contribution in [2.45, 2.75) is 68.5 Å². The van der Waals surface area contributed by atoms with Gasteiger partial charge in [-0.2, -0.15) is 0 Å². The third kappa shape index (κ3) is 5.21. The van der Waals surface area contributed by atoms with Crippen LogP contribution in [0.25, 0.3) is 0 Å². The zero-order chi connectivity index (χ0) is 28.3. The number of ether oxygens (including phenoxy) is 2. The van der Waals surface area contributed by atoms with Crippen molar-refractivity contribution in [1.29, 1.82) is 0 Å². The number of aryl methyl sites for hydroxylation is 2. The minimum atomic E-state index is -1.15. The van der Waals surface area contributed by atoms with Crippen LogP contribution in [-0.2, 0) is 23.9 Å². The SMILES string of the molecule is C=CCOC(=O)[C@H]1[C@@H]2OC3(CC2Br)C(C(=O)N(CC=C)c2c(C)cccc2C)N(CCCCCCO)C(=O)[C@H]13. The fraction of sp³-hybridized carbons (Fsp3) is 0.567. The van der Waals surface area contributed by atoms with Gasteiger partial charge >= 0.3 is 5.97 Å². The van der Waals surface area contributed by atoms with Crippen molar-refractivity contribution in [3.8, 4) is 0 Å². The first-order valence-electron chi connectivity index (χ1n) is 13.7. The lowest BCUT2D eigenvalue weighted by atomic mass is 9.70. The second-order valence-electron chi connectivity index (χ2n) is 10.7. The molecule has 1 N–H and O–H groups in total. The number of unbranched alkanes of at least 4 members (excludes halogenated alkanes) is 3. The average molecular weight is 604 g/mol. The number of aliphatic hydroxyl groups excluding tert-OH is 1. The van der Waals surface area contributed by atoms with Crippen molar-refractivity contribution in [2.24, 2.45) is 11.8 Å². The van der Waals surface area contributed by atoms with Crippen molar-refractivity contribution in [3.63, 3.8) is 0 Å². The number of likely N-dealkylation sites (tertiary alicyclic amines) is 1. The number of fused-ring (bicyclic) bond motifs is 1. The number of para-hydroxylation sites is 1. The molecule has 0 aromatic heterocycles. The van der Waals surface area contributed by atoms with Gasteiger partial charge in [-0.15, -0.1) is 6.58 Å². The second-order valence-corrected chi connectivity index (χ2v) is 11.9. The number of rotatable bonds is 13. The van der Waals surface area contributed by atoms with Crippen LogP contribution in [0, 0.1) is 25.7 Å². The van der Waals surface area contributed by atoms with Gasteiger partial charge < -0.3 is 24.4 Å². The molecule has 3 unspecified atom stereocenters. The van der Waals surface area contributed by atoms with Crippen molar-refractivity contribution in [3.05, 3.63) is 54.6 Å². The normalized spacial score (nSPS) is 28.9. The Kier molecular flexibility index (Phi) is 9.34. The highest BCUT2D eigenvalue weighted by molar-refractivity contribution is 9.09. The van der Waals surface area contributed by atoms with Gasteiger partial charge in [0.25, 0.3) is 5.91 Å². The van der Waals surface area contributed by atoms with Crippen LogP contribution in [0.1, 0.15) is 43.2 Å². The fourth-order valence-electron chi connectivity index (χ4n) is 6.70. The zero-order valence-corrected chi connectivity index (χ0v) is 24.4. The number of amides is 2. The molecule has 2 bridgehead atoms. The van der Waals surface area contributed by atoms with Crippen LogP contribution in [0.4, 0.5) is 5.69 Å². The summed E-state index contributed by atoms with van der Waals surface area (Å²) < 4.78 is 12.0. The van der Waals surface area contributed by atoms with Crippen molar-refractivity contribution in [1.82, 2.24) is 4.90 Å². The van der Waals surface area contributed by atoms with Crippen LogP contribution in [0.3, 0.4) is 0 Å². The van der Waals surface area contributed by atoms with Gasteiger partial charge in [-0.25, -0.2) is 0 Å². The van der Waals surface area contributed by atoms with Crippen molar-refractivity contribution in [2.75, 3.05) is 31.2 Å². The summed E-state index contributed by atoms with van der Waals surface area (Å²) in [6.45, 7) is 12.2. The van der Waals surface area contributed by atoms with E-state index in [9.17, 15) is 14.4 Å². The Bertz CT molecular complexity index is 1100. The number of nitrogens with zero attached hydrogens (tertiary/aromatic N) is 2. The lowest BCUT2D eigenvalue weighted by Crippen LogP contribution is -2.57. The maximum atomic E-state index is 14.6. The number of hydrogen-bond acceptors (Lipinski definition) is 6. The molecule has 0 saturated carbocycles. The predicted octanol–water partition coefficient (Wildman–Crippen LogP) is 3.85. The van der Waals surface area contributed by atoms with E-state index in [-0.39, 0.29) is 36.4 Å². The monoisotopic (exact) mass is 602 g/mol. The maximum Gasteiger partial charge on any atom is 0.312 e. The quantitative estimate of drug-likeness (QED) is 0.159. The molecular weight excluding hydrogens is 564 g/mol. The first kappa shape index (κ1) is 29.5. The molecule has 3 saturated heterocycles. The summed E-state index contributed by atoms with van der Waals surface area (Å²) in [5.41, 5.74) is 1.54. The molecule has 3 aliphatic rings. The summed E-state index contributed by atoms with van der Waals surface area (Å²) in [4.78, 5) is 45.1. The highest BCUT2D eigenvalue weighted by Crippen LogP contribution is 2.60. The summed E-state index contributed by atoms with van der Waals surface area (Å²) in [6.07, 6.45) is 6.06. The second kappa shape index (κ2) is 12.4. The molecule has 1 aromatic rings. The Morgan fingerprint density at radius 1 is 1.21 bits per heavy atom. The molecule has 212 valence electrons. The number of esters is 1. The number of carbonyl (C=O) groups excluding carboxylic acids is 3. The van der Waals surface area contributed by atoms with Gasteiger partial charge in [0.15, 0.2) is 0 Å². The number of hydrogen-bond donors (Lipinski definition) is 1. The minimum Gasteiger partial charge on any atom is -0.461 e. The standard InChI is InChI=1S/C30H39BrN2O6/c1-5-14-32(24-19(3)12-11-13-20(24)4)28(36)26-30-18-21(31)25(39-30)22(29(37)38-17-6-2)23(30)27(35)33(26)15-9-7-8-10-16-34/h5-6,11-13,21-23,25-26,34H,1-2,7-10,14-18H2,3-4H3/t21?,22-,23+,25-,26?,30?/m1/s1. The number of aliphatic hydroxyl groups is 1. The van der Waals surface area contributed by atoms with E-state index in [0.717, 1.165) is 29.7 Å². The van der Waals surface area contributed by atoms with E-state index < -0.39 is 35.6 Å². The van der Waals surface area contributed by atoms with Gasteiger partial charge in [-0.05, 0) is 44.2 Å². The Labute approximate surface area is 239 Å². The van der Waals surface area contributed by atoms with Crippen LogP contribution in [0.15, 0.2) is 43.5 Å². The van der Waals surface area contributed by atoms with Crippen LogP contribution < -0.4 is 4.90 Å². The molecule has 6 atom stereocenters. The van der Waals surface area contributed by atoms with Crippen molar-refractivity contribution < 1.29 is 29.0 Å². The van der Waals surface area contributed by atoms with Crippen LogP contribution >= 0.6 is 15.9 Å². The minimum absolute atomic E-state index is 0.0412. The lowest BCUT2D eigenvalue weighted by molar-refractivity contribution is -0.153. The highest BCUT2D eigenvalue weighted by Gasteiger charge is 2.77. The van der Waals surface area contributed by atoms with Gasteiger partial charge in [0.1, 0.15) is 18.2 Å². The number of benzene rings is 1. The molecular formula is C30H39BrN2O6. The molecule has 1 spiro atoms. The Morgan fingerprint density at radius 2 is 1.90 bits per heavy atom. The van der Waals surface area contributed by atoms with Crippen LogP contribution in [0.2, 0.25) is 0 Å². The molecule has 0 radical (unpaired) electrons. The Morgan fingerprint density at radius 3 is 2.54 bits per heavy atom. The van der Waals surface area contributed by atoms with E-state index in [1.54, 1.807) is 15.9 Å². The topological polar surface area (TPSA) is 96.4 Å². The molecule has 39 heavy (non-hydrogen) atoms. The van der Waals surface area contributed by atoms with Gasteiger partial charge in [0.05, 0.1) is 17.9 Å². The molecule has 1 aromatic carbocycles. The third-order valence-corrected chi connectivity index (χ3v) is 9.08.